The van der Waals surface area contributed by atoms with Gasteiger partial charge in [0.25, 0.3) is 0 Å². The molecule has 0 N–H and O–H groups in total. The number of hydrogen-bond acceptors (Lipinski definition) is 6. The molecule has 0 aromatic heterocycles. The minimum atomic E-state index is -0.848. The molecule has 6 nitrogen and oxygen atoms in total. The van der Waals surface area contributed by atoms with E-state index in [1.165, 1.54) is 44.9 Å². The Kier molecular flexibility index (Phi) is 52.6. The number of unbranched alkanes of at least 4 members (excludes halogenated alkanes) is 10. The molecule has 390 valence electrons. The Morgan fingerprint density at radius 1 is 0.300 bits per heavy atom. The van der Waals surface area contributed by atoms with Gasteiger partial charge in [0.15, 0.2) is 6.10 Å². The molecular formula is C64H98O6. The van der Waals surface area contributed by atoms with E-state index in [-0.39, 0.29) is 38.0 Å². The van der Waals surface area contributed by atoms with Gasteiger partial charge in [0, 0.05) is 19.3 Å². The second-order valence-electron chi connectivity index (χ2n) is 17.4. The highest BCUT2D eigenvalue weighted by Gasteiger charge is 2.19. The maximum atomic E-state index is 12.8. The van der Waals surface area contributed by atoms with Crippen LogP contribution in [0.1, 0.15) is 207 Å². The van der Waals surface area contributed by atoms with E-state index in [4.69, 9.17) is 14.2 Å². The fourth-order valence-electron chi connectivity index (χ4n) is 6.75. The highest BCUT2D eigenvalue weighted by molar-refractivity contribution is 5.71. The molecule has 0 bridgehead atoms. The molecule has 0 spiro atoms. The van der Waals surface area contributed by atoms with Gasteiger partial charge in [-0.15, -0.1) is 0 Å². The summed E-state index contributed by atoms with van der Waals surface area (Å²) in [5.74, 6) is -1.09. The molecule has 0 aliphatic rings. The molecule has 0 aromatic rings. The number of esters is 3. The summed E-state index contributed by atoms with van der Waals surface area (Å²) in [5, 5.41) is 0. The third-order valence-corrected chi connectivity index (χ3v) is 10.8. The summed E-state index contributed by atoms with van der Waals surface area (Å²) in [6.45, 7) is 6.26. The largest absolute Gasteiger partial charge is 0.462 e. The highest BCUT2D eigenvalue weighted by atomic mass is 16.6. The molecular weight excluding hydrogens is 865 g/mol. The summed E-state index contributed by atoms with van der Waals surface area (Å²) in [4.78, 5) is 38.0. The molecule has 0 radical (unpaired) electrons. The number of ether oxygens (including phenoxy) is 3. The molecule has 0 amide bonds. The summed E-state index contributed by atoms with van der Waals surface area (Å²) in [5.41, 5.74) is 0. The molecule has 0 saturated heterocycles. The molecule has 1 atom stereocenters. The van der Waals surface area contributed by atoms with Crippen LogP contribution in [0.3, 0.4) is 0 Å². The van der Waals surface area contributed by atoms with Gasteiger partial charge in [-0.25, -0.2) is 0 Å². The first-order chi connectivity index (χ1) is 34.5. The fourth-order valence-corrected chi connectivity index (χ4v) is 6.75. The van der Waals surface area contributed by atoms with Gasteiger partial charge in [0.05, 0.1) is 0 Å². The third kappa shape index (κ3) is 54.0. The van der Waals surface area contributed by atoms with Gasteiger partial charge in [0.2, 0.25) is 0 Å². The number of hydrogen-bond donors (Lipinski definition) is 0. The summed E-state index contributed by atoms with van der Waals surface area (Å²) < 4.78 is 16.7. The molecule has 0 aliphatic carbocycles. The topological polar surface area (TPSA) is 78.9 Å². The Labute approximate surface area is 429 Å². The van der Waals surface area contributed by atoms with Crippen molar-refractivity contribution in [2.24, 2.45) is 0 Å². The van der Waals surface area contributed by atoms with Crippen molar-refractivity contribution in [1.82, 2.24) is 0 Å². The van der Waals surface area contributed by atoms with Crippen molar-refractivity contribution in [3.05, 3.63) is 158 Å². The van der Waals surface area contributed by atoms with Crippen LogP contribution < -0.4 is 0 Å². The lowest BCUT2D eigenvalue weighted by molar-refractivity contribution is -0.166. The molecule has 0 rings (SSSR count). The third-order valence-electron chi connectivity index (χ3n) is 10.8. The number of allylic oxidation sites excluding steroid dienone is 26. The first-order valence-electron chi connectivity index (χ1n) is 27.5. The summed E-state index contributed by atoms with van der Waals surface area (Å²) >= 11 is 0. The lowest BCUT2D eigenvalue weighted by atomic mass is 10.1. The summed E-state index contributed by atoms with van der Waals surface area (Å²) in [6.07, 6.45) is 82.5. The first-order valence-corrected chi connectivity index (χ1v) is 27.5. The first kappa shape index (κ1) is 65.0. The summed E-state index contributed by atoms with van der Waals surface area (Å²) in [7, 11) is 0. The van der Waals surface area contributed by atoms with Crippen LogP contribution in [0, 0.1) is 0 Å². The van der Waals surface area contributed by atoms with Crippen LogP contribution in [0.4, 0.5) is 0 Å². The number of rotatable bonds is 47. The van der Waals surface area contributed by atoms with Gasteiger partial charge < -0.3 is 14.2 Å². The van der Waals surface area contributed by atoms with Crippen molar-refractivity contribution in [1.29, 1.82) is 0 Å². The van der Waals surface area contributed by atoms with E-state index in [0.717, 1.165) is 109 Å². The van der Waals surface area contributed by atoms with Gasteiger partial charge in [-0.2, -0.15) is 0 Å². The van der Waals surface area contributed by atoms with Crippen molar-refractivity contribution in [3.8, 4) is 0 Å². The molecule has 0 fully saturated rings. The van der Waals surface area contributed by atoms with Crippen LogP contribution in [0.15, 0.2) is 158 Å². The van der Waals surface area contributed by atoms with Crippen molar-refractivity contribution in [2.45, 2.75) is 213 Å². The average molecular weight is 963 g/mol. The molecule has 0 aliphatic heterocycles. The Morgan fingerprint density at radius 3 is 0.929 bits per heavy atom. The van der Waals surface area contributed by atoms with Gasteiger partial charge >= 0.3 is 17.9 Å². The highest BCUT2D eigenvalue weighted by Crippen LogP contribution is 2.12. The average Bonchev–Trinajstić information content (AvgIpc) is 3.36. The quantitative estimate of drug-likeness (QED) is 0.0262. The minimum absolute atomic E-state index is 0.132. The van der Waals surface area contributed by atoms with E-state index in [9.17, 15) is 14.4 Å². The maximum absolute atomic E-state index is 12.8. The van der Waals surface area contributed by atoms with E-state index in [0.29, 0.717) is 19.3 Å². The zero-order chi connectivity index (χ0) is 50.7. The predicted molar refractivity (Wildman–Crippen MR) is 302 cm³/mol. The molecule has 70 heavy (non-hydrogen) atoms. The molecule has 1 unspecified atom stereocenters. The standard InChI is InChI=1S/C64H98O6/c1-4-7-10-13-16-19-22-24-26-28-30-31-32-33-35-36-38-40-42-45-48-51-54-57-63(66)69-60-61(59-68-62(65)56-53-50-47-44-21-18-15-12-9-6-3)70-64(67)58-55-52-49-46-43-41-39-37-34-29-27-25-23-20-17-14-11-8-5-2/h7-8,10-11,16-17,19-20,24-27,30-31,33-35,37-38,40-41,43,45,48-49,52,61H,4-6,9,12-15,18,21-23,28-29,32,36,39,42,44,46-47,50-51,53-60H2,1-3H3/b10-7-,11-8-,19-16-,20-17-,26-24-,27-25-,31-30-,35-33-,37-34-,40-38-,43-41-,48-45-,52-49-. The second kappa shape index (κ2) is 56.6. The monoisotopic (exact) mass is 963 g/mol. The van der Waals surface area contributed by atoms with Crippen molar-refractivity contribution in [2.75, 3.05) is 13.2 Å². The van der Waals surface area contributed by atoms with E-state index in [1.54, 1.807) is 0 Å². The SMILES string of the molecule is CC/C=C\C/C=C\C/C=C\C/C=C\C/C=C\C/C=C\C/C=C\CCCC(=O)OCC(COC(=O)CCCCCCCCCCCC)OC(=O)CC/C=C\C/C=C\C/C=C\C/C=C\C/C=C\C/C=C\CC. The minimum Gasteiger partial charge on any atom is -0.462 e. The van der Waals surface area contributed by atoms with Crippen LogP contribution in [0.25, 0.3) is 0 Å². The smallest absolute Gasteiger partial charge is 0.306 e. The lowest BCUT2D eigenvalue weighted by Gasteiger charge is -2.18. The Balaban J connectivity index is 4.57. The van der Waals surface area contributed by atoms with Crippen molar-refractivity contribution in [3.63, 3.8) is 0 Å². The zero-order valence-corrected chi connectivity index (χ0v) is 44.5. The van der Waals surface area contributed by atoms with E-state index in [2.05, 4.69) is 167 Å². The fraction of sp³-hybridized carbons (Fsp3) is 0.547. The van der Waals surface area contributed by atoms with Crippen LogP contribution >= 0.6 is 0 Å². The number of carbonyl (C=O) groups is 3. The van der Waals surface area contributed by atoms with E-state index >= 15 is 0 Å². The molecule has 0 saturated carbocycles. The Hall–Kier alpha value is -4.97. The summed E-state index contributed by atoms with van der Waals surface area (Å²) in [6, 6.07) is 0. The van der Waals surface area contributed by atoms with E-state index < -0.39 is 12.1 Å². The normalized spacial score (nSPS) is 13.4. The predicted octanol–water partition coefficient (Wildman–Crippen LogP) is 18.6. The van der Waals surface area contributed by atoms with Crippen LogP contribution in [-0.4, -0.2) is 37.2 Å². The molecule has 0 heterocycles. The van der Waals surface area contributed by atoms with E-state index in [1.807, 2.05) is 12.2 Å². The van der Waals surface area contributed by atoms with Gasteiger partial charge in [-0.05, 0) is 109 Å². The number of carbonyl (C=O) groups excluding carboxylic acids is 3. The van der Waals surface area contributed by atoms with Crippen molar-refractivity contribution >= 4 is 17.9 Å². The second-order valence-corrected chi connectivity index (χ2v) is 17.4. The van der Waals surface area contributed by atoms with Crippen LogP contribution in [0.5, 0.6) is 0 Å². The van der Waals surface area contributed by atoms with Crippen LogP contribution in [0.2, 0.25) is 0 Å². The van der Waals surface area contributed by atoms with Crippen LogP contribution in [-0.2, 0) is 28.6 Å². The van der Waals surface area contributed by atoms with Gasteiger partial charge in [-0.1, -0.05) is 237 Å². The Morgan fingerprint density at radius 2 is 0.586 bits per heavy atom. The van der Waals surface area contributed by atoms with Crippen molar-refractivity contribution < 1.29 is 28.6 Å². The van der Waals surface area contributed by atoms with Gasteiger partial charge in [-0.3, -0.25) is 14.4 Å². The Bertz CT molecular complexity index is 1620. The van der Waals surface area contributed by atoms with Gasteiger partial charge in [0.1, 0.15) is 13.2 Å². The molecule has 0 aromatic carbocycles. The molecule has 6 heteroatoms. The zero-order valence-electron chi connectivity index (χ0n) is 44.5. The maximum Gasteiger partial charge on any atom is 0.306 e. The lowest BCUT2D eigenvalue weighted by Crippen LogP contribution is -2.30.